The van der Waals surface area contributed by atoms with E-state index in [1.807, 2.05) is 12.1 Å². The first-order chi connectivity index (χ1) is 9.28. The zero-order valence-corrected chi connectivity index (χ0v) is 12.5. The minimum absolute atomic E-state index is 0. The van der Waals surface area contributed by atoms with Crippen LogP contribution in [0, 0.1) is 0 Å². The van der Waals surface area contributed by atoms with Crippen molar-refractivity contribution in [3.05, 3.63) is 65.2 Å². The first kappa shape index (κ1) is 14.6. The van der Waals surface area contributed by atoms with Crippen LogP contribution in [0.3, 0.4) is 0 Å². The van der Waals surface area contributed by atoms with Gasteiger partial charge in [-0.25, -0.2) is 0 Å². The lowest BCUT2D eigenvalue weighted by Crippen LogP contribution is -2.19. The number of nitrogens with zero attached hydrogens (tertiary/aromatic N) is 1. The molecule has 0 N–H and O–H groups in total. The quantitative estimate of drug-likeness (QED) is 0.821. The second kappa shape index (κ2) is 6.10. The highest BCUT2D eigenvalue weighted by atomic mass is 35.5. The monoisotopic (exact) mass is 287 g/mol. The molecule has 0 amide bonds. The fourth-order valence-corrected chi connectivity index (χ4v) is 2.56. The molecule has 3 rings (SSSR count). The van der Waals surface area contributed by atoms with Gasteiger partial charge in [0.05, 0.1) is 18.9 Å². The third-order valence-corrected chi connectivity index (χ3v) is 3.50. The second-order valence-corrected chi connectivity index (χ2v) is 4.92. The van der Waals surface area contributed by atoms with Crippen molar-refractivity contribution >= 4 is 18.1 Å². The van der Waals surface area contributed by atoms with Crippen LogP contribution in [0.5, 0.6) is 5.75 Å². The normalized spacial score (nSPS) is 16.7. The third kappa shape index (κ3) is 2.70. The van der Waals surface area contributed by atoms with E-state index >= 15 is 0 Å². The lowest BCUT2D eigenvalue weighted by atomic mass is 9.91. The fraction of sp³-hybridized carbons (Fsp3) is 0.235. The van der Waals surface area contributed by atoms with E-state index in [1.54, 1.807) is 7.11 Å². The van der Waals surface area contributed by atoms with E-state index in [4.69, 9.17) is 9.73 Å². The van der Waals surface area contributed by atoms with Gasteiger partial charge in [-0.05, 0) is 43.2 Å². The van der Waals surface area contributed by atoms with Crippen LogP contribution in [0.1, 0.15) is 23.6 Å². The number of aliphatic imine (C=N–C) groups is 1. The van der Waals surface area contributed by atoms with Crippen LogP contribution in [0.25, 0.3) is 0 Å². The van der Waals surface area contributed by atoms with Gasteiger partial charge in [-0.3, -0.25) is 4.99 Å². The molecule has 3 heteroatoms. The molecule has 1 aliphatic rings. The predicted octanol–water partition coefficient (Wildman–Crippen LogP) is 3.90. The van der Waals surface area contributed by atoms with Crippen molar-refractivity contribution in [2.45, 2.75) is 19.4 Å². The standard InChI is InChI=1S/C17H17NO.ClH/c1-12-11-14-5-3-4-6-16(14)17(18-12)13-7-9-15(19-2)10-8-13;/h3-10,12H,11H2,1-2H3;1H. The van der Waals surface area contributed by atoms with Gasteiger partial charge in [-0.1, -0.05) is 24.3 Å². The van der Waals surface area contributed by atoms with E-state index in [-0.39, 0.29) is 12.4 Å². The molecule has 0 saturated carbocycles. The molecule has 0 spiro atoms. The van der Waals surface area contributed by atoms with Gasteiger partial charge in [0.25, 0.3) is 0 Å². The van der Waals surface area contributed by atoms with Gasteiger partial charge in [0.1, 0.15) is 5.75 Å². The molecule has 0 bridgehead atoms. The SMILES string of the molecule is COc1ccc(C2=NC(C)Cc3ccccc32)cc1.Cl. The van der Waals surface area contributed by atoms with Crippen molar-refractivity contribution < 1.29 is 4.74 Å². The second-order valence-electron chi connectivity index (χ2n) is 4.92. The zero-order chi connectivity index (χ0) is 13.2. The van der Waals surface area contributed by atoms with E-state index in [9.17, 15) is 0 Å². The van der Waals surface area contributed by atoms with Crippen molar-refractivity contribution in [2.24, 2.45) is 4.99 Å². The minimum atomic E-state index is 0. The molecule has 104 valence electrons. The molecule has 0 fully saturated rings. The predicted molar refractivity (Wildman–Crippen MR) is 85.5 cm³/mol. The molecule has 2 nitrogen and oxygen atoms in total. The topological polar surface area (TPSA) is 21.6 Å². The molecule has 20 heavy (non-hydrogen) atoms. The Hall–Kier alpha value is -1.80. The highest BCUT2D eigenvalue weighted by Gasteiger charge is 2.18. The number of rotatable bonds is 2. The van der Waals surface area contributed by atoms with Gasteiger partial charge in [0, 0.05) is 11.1 Å². The summed E-state index contributed by atoms with van der Waals surface area (Å²) in [5.41, 5.74) is 4.89. The molecule has 0 aliphatic carbocycles. The Morgan fingerprint density at radius 2 is 1.75 bits per heavy atom. The summed E-state index contributed by atoms with van der Waals surface area (Å²) in [5, 5.41) is 0. The average molecular weight is 288 g/mol. The summed E-state index contributed by atoms with van der Waals surface area (Å²) in [5.74, 6) is 0.876. The summed E-state index contributed by atoms with van der Waals surface area (Å²) in [6.07, 6.45) is 1.02. The summed E-state index contributed by atoms with van der Waals surface area (Å²) in [7, 11) is 1.69. The summed E-state index contributed by atoms with van der Waals surface area (Å²) >= 11 is 0. The van der Waals surface area contributed by atoms with E-state index in [1.165, 1.54) is 11.1 Å². The Labute approximate surface area is 125 Å². The van der Waals surface area contributed by atoms with Crippen molar-refractivity contribution in [1.82, 2.24) is 0 Å². The van der Waals surface area contributed by atoms with Crippen LogP contribution in [0.15, 0.2) is 53.5 Å². The third-order valence-electron chi connectivity index (χ3n) is 3.50. The summed E-state index contributed by atoms with van der Waals surface area (Å²) in [4.78, 5) is 4.83. The van der Waals surface area contributed by atoms with Crippen LogP contribution in [0.2, 0.25) is 0 Å². The van der Waals surface area contributed by atoms with Crippen molar-refractivity contribution in [3.63, 3.8) is 0 Å². The summed E-state index contributed by atoms with van der Waals surface area (Å²) < 4.78 is 5.21. The molecule has 1 aliphatic heterocycles. The largest absolute Gasteiger partial charge is 0.497 e. The number of methoxy groups -OCH3 is 1. The van der Waals surface area contributed by atoms with E-state index in [0.29, 0.717) is 6.04 Å². The van der Waals surface area contributed by atoms with Crippen LogP contribution in [-0.4, -0.2) is 18.9 Å². The van der Waals surface area contributed by atoms with Gasteiger partial charge < -0.3 is 4.74 Å². The molecule has 2 aromatic rings. The molecule has 2 aromatic carbocycles. The first-order valence-corrected chi connectivity index (χ1v) is 6.58. The number of fused-ring (bicyclic) bond motifs is 1. The Morgan fingerprint density at radius 1 is 1.05 bits per heavy atom. The molecule has 0 aromatic heterocycles. The van der Waals surface area contributed by atoms with Crippen molar-refractivity contribution in [3.8, 4) is 5.75 Å². The highest BCUT2D eigenvalue weighted by molar-refractivity contribution is 6.14. The van der Waals surface area contributed by atoms with Crippen LogP contribution < -0.4 is 4.74 Å². The summed E-state index contributed by atoms with van der Waals surface area (Å²) in [6, 6.07) is 17.0. The molecule has 1 unspecified atom stereocenters. The van der Waals surface area contributed by atoms with Crippen molar-refractivity contribution in [1.29, 1.82) is 0 Å². The highest BCUT2D eigenvalue weighted by Crippen LogP contribution is 2.24. The number of halogens is 1. The number of hydrogen-bond donors (Lipinski definition) is 0. The maximum Gasteiger partial charge on any atom is 0.118 e. The minimum Gasteiger partial charge on any atom is -0.497 e. The molecule has 0 saturated heterocycles. The Kier molecular flexibility index (Phi) is 4.46. The lowest BCUT2D eigenvalue weighted by molar-refractivity contribution is 0.415. The number of benzene rings is 2. The van der Waals surface area contributed by atoms with Gasteiger partial charge in [-0.15, -0.1) is 12.4 Å². The first-order valence-electron chi connectivity index (χ1n) is 6.58. The van der Waals surface area contributed by atoms with E-state index in [0.717, 1.165) is 23.4 Å². The van der Waals surface area contributed by atoms with Gasteiger partial charge >= 0.3 is 0 Å². The fourth-order valence-electron chi connectivity index (χ4n) is 2.56. The maximum absolute atomic E-state index is 5.21. The van der Waals surface area contributed by atoms with E-state index < -0.39 is 0 Å². The van der Waals surface area contributed by atoms with Crippen LogP contribution >= 0.6 is 12.4 Å². The molecular weight excluding hydrogens is 270 g/mol. The van der Waals surface area contributed by atoms with Gasteiger partial charge in [0.15, 0.2) is 0 Å². The Morgan fingerprint density at radius 3 is 2.45 bits per heavy atom. The molecular formula is C17H18ClNO. The summed E-state index contributed by atoms with van der Waals surface area (Å²) in [6.45, 7) is 2.17. The van der Waals surface area contributed by atoms with Crippen molar-refractivity contribution in [2.75, 3.05) is 7.11 Å². The van der Waals surface area contributed by atoms with Crippen LogP contribution in [-0.2, 0) is 6.42 Å². The van der Waals surface area contributed by atoms with Crippen LogP contribution in [0.4, 0.5) is 0 Å². The van der Waals surface area contributed by atoms with Gasteiger partial charge in [0.2, 0.25) is 0 Å². The molecule has 1 atom stereocenters. The smallest absolute Gasteiger partial charge is 0.118 e. The number of hydrogen-bond acceptors (Lipinski definition) is 2. The Balaban J connectivity index is 0.00000147. The van der Waals surface area contributed by atoms with E-state index in [2.05, 4.69) is 43.3 Å². The zero-order valence-electron chi connectivity index (χ0n) is 11.7. The van der Waals surface area contributed by atoms with Gasteiger partial charge in [-0.2, -0.15) is 0 Å². The molecule has 0 radical (unpaired) electrons. The maximum atomic E-state index is 5.21. The lowest BCUT2D eigenvalue weighted by Gasteiger charge is -2.21. The Bertz CT molecular complexity index is 619. The average Bonchev–Trinajstić information content (AvgIpc) is 2.46. The molecule has 1 heterocycles. The number of ether oxygens (including phenoxy) is 1.